The third-order valence-corrected chi connectivity index (χ3v) is 3.35. The molecule has 0 radical (unpaired) electrons. The van der Waals surface area contributed by atoms with Gasteiger partial charge in [-0.05, 0) is 31.6 Å². The Bertz CT molecular complexity index is 185. The van der Waals surface area contributed by atoms with E-state index in [0.717, 1.165) is 11.7 Å². The van der Waals surface area contributed by atoms with Crippen molar-refractivity contribution in [3.63, 3.8) is 0 Å². The van der Waals surface area contributed by atoms with Gasteiger partial charge in [0.2, 0.25) is 0 Å². The molecule has 0 aromatic rings. The third kappa shape index (κ3) is 1.37. The molecular weight excluding hydrogens is 148 g/mol. The van der Waals surface area contributed by atoms with Crippen LogP contribution in [0.15, 0.2) is 12.3 Å². The molecule has 1 saturated carbocycles. The molecule has 0 aromatic carbocycles. The molecule has 1 heterocycles. The van der Waals surface area contributed by atoms with E-state index in [0.29, 0.717) is 12.0 Å². The van der Waals surface area contributed by atoms with E-state index in [4.69, 9.17) is 4.74 Å². The van der Waals surface area contributed by atoms with E-state index in [9.17, 15) is 0 Å². The largest absolute Gasteiger partial charge is 0.495 e. The van der Waals surface area contributed by atoms with Crippen molar-refractivity contribution in [3.8, 4) is 0 Å². The number of rotatable bonds is 0. The standard InChI is InChI=1S/C11H18O/c1-8-7-10-5-3-4-6-11(10)12-9(8)2/h8,10-11H,2-7H2,1H3/t8?,10-,11-/m1/s1. The molecule has 3 atom stereocenters. The summed E-state index contributed by atoms with van der Waals surface area (Å²) in [4.78, 5) is 0. The minimum Gasteiger partial charge on any atom is -0.495 e. The monoisotopic (exact) mass is 166 g/mol. The van der Waals surface area contributed by atoms with Gasteiger partial charge in [0.1, 0.15) is 6.10 Å². The summed E-state index contributed by atoms with van der Waals surface area (Å²) in [7, 11) is 0. The van der Waals surface area contributed by atoms with Crippen molar-refractivity contribution >= 4 is 0 Å². The van der Waals surface area contributed by atoms with Crippen LogP contribution in [0.3, 0.4) is 0 Å². The van der Waals surface area contributed by atoms with Gasteiger partial charge in [0, 0.05) is 5.92 Å². The van der Waals surface area contributed by atoms with Crippen molar-refractivity contribution in [2.24, 2.45) is 11.8 Å². The Labute approximate surface area is 74.8 Å². The third-order valence-electron chi connectivity index (χ3n) is 3.35. The molecule has 0 N–H and O–H groups in total. The maximum absolute atomic E-state index is 5.81. The van der Waals surface area contributed by atoms with Crippen LogP contribution in [0, 0.1) is 11.8 Å². The summed E-state index contributed by atoms with van der Waals surface area (Å²) in [5, 5.41) is 0. The molecule has 1 saturated heterocycles. The molecule has 2 fully saturated rings. The predicted molar refractivity (Wildman–Crippen MR) is 49.8 cm³/mol. The lowest BCUT2D eigenvalue weighted by Crippen LogP contribution is -2.34. The molecule has 68 valence electrons. The first kappa shape index (κ1) is 8.15. The highest BCUT2D eigenvalue weighted by molar-refractivity contribution is 4.97. The zero-order chi connectivity index (χ0) is 8.55. The van der Waals surface area contributed by atoms with Crippen molar-refractivity contribution in [1.82, 2.24) is 0 Å². The summed E-state index contributed by atoms with van der Waals surface area (Å²) < 4.78 is 5.81. The summed E-state index contributed by atoms with van der Waals surface area (Å²) in [5.74, 6) is 2.45. The molecular formula is C11H18O. The van der Waals surface area contributed by atoms with E-state index in [1.165, 1.54) is 32.1 Å². The molecule has 0 amide bonds. The second kappa shape index (κ2) is 3.12. The highest BCUT2D eigenvalue weighted by Gasteiger charge is 2.33. The topological polar surface area (TPSA) is 9.23 Å². The molecule has 1 aliphatic carbocycles. The van der Waals surface area contributed by atoms with Crippen LogP contribution in [0.2, 0.25) is 0 Å². The molecule has 12 heavy (non-hydrogen) atoms. The number of ether oxygens (including phenoxy) is 1. The van der Waals surface area contributed by atoms with Crippen LogP contribution in [-0.4, -0.2) is 6.10 Å². The fraction of sp³-hybridized carbons (Fsp3) is 0.818. The molecule has 1 aliphatic heterocycles. The van der Waals surface area contributed by atoms with Crippen LogP contribution in [0.25, 0.3) is 0 Å². The second-order valence-corrected chi connectivity index (χ2v) is 4.30. The number of fused-ring (bicyclic) bond motifs is 1. The van der Waals surface area contributed by atoms with E-state index in [2.05, 4.69) is 13.5 Å². The van der Waals surface area contributed by atoms with Gasteiger partial charge in [-0.2, -0.15) is 0 Å². The van der Waals surface area contributed by atoms with Crippen LogP contribution >= 0.6 is 0 Å². The van der Waals surface area contributed by atoms with E-state index in [1.54, 1.807) is 0 Å². The van der Waals surface area contributed by atoms with E-state index < -0.39 is 0 Å². The van der Waals surface area contributed by atoms with Gasteiger partial charge in [-0.3, -0.25) is 0 Å². The van der Waals surface area contributed by atoms with Gasteiger partial charge in [0.15, 0.2) is 0 Å². The Morgan fingerprint density at radius 1 is 1.33 bits per heavy atom. The lowest BCUT2D eigenvalue weighted by molar-refractivity contribution is -0.0212. The predicted octanol–water partition coefficient (Wildman–Crippen LogP) is 3.12. The first-order valence-corrected chi connectivity index (χ1v) is 5.13. The first-order valence-electron chi connectivity index (χ1n) is 5.13. The molecule has 0 bridgehead atoms. The molecule has 2 rings (SSSR count). The van der Waals surface area contributed by atoms with Gasteiger partial charge < -0.3 is 4.74 Å². The van der Waals surface area contributed by atoms with Crippen LogP contribution in [0.4, 0.5) is 0 Å². The normalized spacial score (nSPS) is 41.8. The average Bonchev–Trinajstić information content (AvgIpc) is 2.07. The van der Waals surface area contributed by atoms with E-state index >= 15 is 0 Å². The molecule has 1 unspecified atom stereocenters. The molecule has 1 heteroatoms. The van der Waals surface area contributed by atoms with Gasteiger partial charge >= 0.3 is 0 Å². The maximum Gasteiger partial charge on any atom is 0.101 e. The Balaban J connectivity index is 2.02. The molecule has 1 nitrogen and oxygen atoms in total. The molecule has 0 spiro atoms. The minimum absolute atomic E-state index is 0.516. The van der Waals surface area contributed by atoms with Crippen molar-refractivity contribution in [3.05, 3.63) is 12.3 Å². The van der Waals surface area contributed by atoms with Crippen LogP contribution in [0.5, 0.6) is 0 Å². The summed E-state index contributed by atoms with van der Waals surface area (Å²) in [6.07, 6.45) is 7.22. The fourth-order valence-electron chi connectivity index (χ4n) is 2.49. The van der Waals surface area contributed by atoms with Gasteiger partial charge in [-0.15, -0.1) is 0 Å². The number of allylic oxidation sites excluding steroid dienone is 1. The first-order chi connectivity index (χ1) is 5.77. The zero-order valence-corrected chi connectivity index (χ0v) is 7.88. The average molecular weight is 166 g/mol. The van der Waals surface area contributed by atoms with Crippen LogP contribution in [-0.2, 0) is 4.74 Å². The minimum atomic E-state index is 0.516. The molecule has 2 aliphatic rings. The Morgan fingerprint density at radius 3 is 2.92 bits per heavy atom. The van der Waals surface area contributed by atoms with E-state index in [-0.39, 0.29) is 0 Å². The van der Waals surface area contributed by atoms with E-state index in [1.807, 2.05) is 0 Å². The number of hydrogen-bond donors (Lipinski definition) is 0. The smallest absolute Gasteiger partial charge is 0.101 e. The van der Waals surface area contributed by atoms with Gasteiger partial charge in [-0.25, -0.2) is 0 Å². The highest BCUT2D eigenvalue weighted by Crippen LogP contribution is 2.39. The van der Waals surface area contributed by atoms with Crippen molar-refractivity contribution in [1.29, 1.82) is 0 Å². The summed E-state index contributed by atoms with van der Waals surface area (Å²) in [6.45, 7) is 6.19. The Morgan fingerprint density at radius 2 is 2.08 bits per heavy atom. The fourth-order valence-corrected chi connectivity index (χ4v) is 2.49. The van der Waals surface area contributed by atoms with Crippen molar-refractivity contribution < 1.29 is 4.74 Å². The summed E-state index contributed by atoms with van der Waals surface area (Å²) in [5.41, 5.74) is 0. The van der Waals surface area contributed by atoms with Crippen molar-refractivity contribution in [2.45, 2.75) is 45.1 Å². The highest BCUT2D eigenvalue weighted by atomic mass is 16.5. The van der Waals surface area contributed by atoms with Crippen LogP contribution in [0.1, 0.15) is 39.0 Å². The van der Waals surface area contributed by atoms with Gasteiger partial charge in [0.05, 0.1) is 5.76 Å². The molecule has 0 aromatic heterocycles. The van der Waals surface area contributed by atoms with Crippen LogP contribution < -0.4 is 0 Å². The Hall–Kier alpha value is -0.460. The maximum atomic E-state index is 5.81. The lowest BCUT2D eigenvalue weighted by Gasteiger charge is -2.39. The quantitative estimate of drug-likeness (QED) is 0.537. The summed E-state index contributed by atoms with van der Waals surface area (Å²) >= 11 is 0. The van der Waals surface area contributed by atoms with Gasteiger partial charge in [-0.1, -0.05) is 19.9 Å². The zero-order valence-electron chi connectivity index (χ0n) is 7.88. The summed E-state index contributed by atoms with van der Waals surface area (Å²) in [6, 6.07) is 0. The van der Waals surface area contributed by atoms with Crippen molar-refractivity contribution in [2.75, 3.05) is 0 Å². The number of hydrogen-bond acceptors (Lipinski definition) is 1. The second-order valence-electron chi connectivity index (χ2n) is 4.30. The SMILES string of the molecule is C=C1O[C@@H]2CCCC[C@@H]2CC1C. The lowest BCUT2D eigenvalue weighted by atomic mass is 9.78. The Kier molecular flexibility index (Phi) is 2.12. The van der Waals surface area contributed by atoms with Gasteiger partial charge in [0.25, 0.3) is 0 Å².